The van der Waals surface area contributed by atoms with Gasteiger partial charge in [-0.25, -0.2) is 4.79 Å². The van der Waals surface area contributed by atoms with E-state index in [2.05, 4.69) is 32.6 Å². The Hall–Kier alpha value is -2.41. The number of aliphatic imine (C=N–C) groups is 2. The van der Waals surface area contributed by atoms with E-state index in [1.807, 2.05) is 32.0 Å². The third kappa shape index (κ3) is 5.79. The molecule has 0 aromatic heterocycles. The number of hydrogen-bond donors (Lipinski definition) is 2. The molecule has 1 aromatic rings. The zero-order valence-corrected chi connectivity index (χ0v) is 16.4. The molecule has 7 nitrogen and oxygen atoms in total. The molecule has 0 spiro atoms. The molecule has 2 N–H and O–H groups in total. The van der Waals surface area contributed by atoms with Crippen LogP contribution in [-0.2, 0) is 0 Å². The fourth-order valence-electron chi connectivity index (χ4n) is 3.34. The number of ether oxygens (including phenoxy) is 1. The van der Waals surface area contributed by atoms with Crippen molar-refractivity contribution in [1.82, 2.24) is 10.2 Å². The highest BCUT2D eigenvalue weighted by atomic mass is 16.5. The van der Waals surface area contributed by atoms with Gasteiger partial charge in [0.05, 0.1) is 31.1 Å². The third-order valence-corrected chi connectivity index (χ3v) is 4.80. The van der Waals surface area contributed by atoms with Crippen molar-refractivity contribution in [3.63, 3.8) is 0 Å². The summed E-state index contributed by atoms with van der Waals surface area (Å²) >= 11 is 0. The largest absolute Gasteiger partial charge is 0.491 e. The van der Waals surface area contributed by atoms with Crippen LogP contribution in [0.2, 0.25) is 0 Å². The Balaban J connectivity index is 1.60. The van der Waals surface area contributed by atoms with E-state index in [1.54, 1.807) is 6.21 Å². The van der Waals surface area contributed by atoms with E-state index >= 15 is 0 Å². The Morgan fingerprint density at radius 1 is 1.37 bits per heavy atom. The molecule has 2 heterocycles. The summed E-state index contributed by atoms with van der Waals surface area (Å²) in [5.41, 5.74) is 1.72. The number of carbonyl (C=O) groups is 1. The highest BCUT2D eigenvalue weighted by Crippen LogP contribution is 2.27. The minimum Gasteiger partial charge on any atom is -0.491 e. The van der Waals surface area contributed by atoms with Crippen LogP contribution in [0.25, 0.3) is 0 Å². The number of piperidine rings is 1. The van der Waals surface area contributed by atoms with Gasteiger partial charge in [0.1, 0.15) is 11.6 Å². The van der Waals surface area contributed by atoms with Crippen molar-refractivity contribution >= 4 is 23.8 Å². The number of rotatable bonds is 4. The molecule has 0 aliphatic carbocycles. The molecule has 1 aromatic carbocycles. The minimum atomic E-state index is -0.345. The fourth-order valence-corrected chi connectivity index (χ4v) is 3.34. The van der Waals surface area contributed by atoms with Crippen LogP contribution < -0.4 is 15.4 Å². The standard InChI is InChI=1S/C20H29N5O2/c1-14-6-7-18(27-13-16-5-4-8-25(3)12-16)17(9-14)23-20(26)24-19-11-21-15(2)10-22-19/h6-7,9,11,15-16H,4-5,8,10,12-13H2,1-3H3,(H2,22,23,24,26)/t15?,16-/m1/s1. The number of hydrogen-bond acceptors (Lipinski definition) is 5. The zero-order valence-electron chi connectivity index (χ0n) is 16.4. The summed E-state index contributed by atoms with van der Waals surface area (Å²) < 4.78 is 6.06. The molecule has 1 unspecified atom stereocenters. The van der Waals surface area contributed by atoms with Gasteiger partial charge in [0.25, 0.3) is 0 Å². The van der Waals surface area contributed by atoms with E-state index in [-0.39, 0.29) is 12.1 Å². The van der Waals surface area contributed by atoms with Gasteiger partial charge in [0, 0.05) is 12.5 Å². The minimum absolute atomic E-state index is 0.161. The molecule has 1 saturated heterocycles. The van der Waals surface area contributed by atoms with Crippen molar-refractivity contribution in [1.29, 1.82) is 0 Å². The molecular formula is C20H29N5O2. The number of amides is 2. The van der Waals surface area contributed by atoms with Crippen molar-refractivity contribution in [2.75, 3.05) is 38.6 Å². The summed E-state index contributed by atoms with van der Waals surface area (Å²) in [6.07, 6.45) is 3.98. The summed E-state index contributed by atoms with van der Waals surface area (Å²) in [5.74, 6) is 1.68. The van der Waals surface area contributed by atoms with Gasteiger partial charge in [-0.05, 0) is 58.0 Å². The van der Waals surface area contributed by atoms with Crippen LogP contribution in [0.4, 0.5) is 10.5 Å². The second-order valence-corrected chi connectivity index (χ2v) is 7.51. The highest BCUT2D eigenvalue weighted by Gasteiger charge is 2.19. The molecule has 1 fully saturated rings. The summed E-state index contributed by atoms with van der Waals surface area (Å²) in [4.78, 5) is 23.2. The lowest BCUT2D eigenvalue weighted by molar-refractivity contribution is 0.151. The maximum atomic E-state index is 12.3. The predicted molar refractivity (Wildman–Crippen MR) is 109 cm³/mol. The lowest BCUT2D eigenvalue weighted by Crippen LogP contribution is -2.37. The summed E-state index contributed by atoms with van der Waals surface area (Å²) in [7, 11) is 2.15. The van der Waals surface area contributed by atoms with Crippen molar-refractivity contribution in [3.8, 4) is 5.75 Å². The van der Waals surface area contributed by atoms with Crippen LogP contribution in [0.1, 0.15) is 25.3 Å². The van der Waals surface area contributed by atoms with Crippen molar-refractivity contribution in [2.24, 2.45) is 15.9 Å². The molecule has 2 atom stereocenters. The van der Waals surface area contributed by atoms with Gasteiger partial charge in [-0.3, -0.25) is 15.3 Å². The third-order valence-electron chi connectivity index (χ3n) is 4.80. The van der Waals surface area contributed by atoms with Crippen LogP contribution in [0.15, 0.2) is 28.2 Å². The first-order chi connectivity index (χ1) is 13.0. The Morgan fingerprint density at radius 3 is 2.96 bits per heavy atom. The number of urea groups is 1. The molecular weight excluding hydrogens is 342 g/mol. The van der Waals surface area contributed by atoms with Gasteiger partial charge in [0.15, 0.2) is 0 Å². The number of likely N-dealkylation sites (tertiary alicyclic amines) is 1. The predicted octanol–water partition coefficient (Wildman–Crippen LogP) is 2.71. The quantitative estimate of drug-likeness (QED) is 0.854. The lowest BCUT2D eigenvalue weighted by Gasteiger charge is -2.29. The number of carbonyl (C=O) groups excluding carboxylic acids is 1. The maximum Gasteiger partial charge on any atom is 0.324 e. The van der Waals surface area contributed by atoms with Gasteiger partial charge in [-0.15, -0.1) is 0 Å². The van der Waals surface area contributed by atoms with Crippen molar-refractivity contribution in [2.45, 2.75) is 32.7 Å². The molecule has 2 aliphatic rings. The summed E-state index contributed by atoms with van der Waals surface area (Å²) in [5, 5.41) is 5.61. The van der Waals surface area contributed by atoms with Crippen LogP contribution in [-0.4, -0.2) is 62.3 Å². The first kappa shape index (κ1) is 19.4. The number of nitrogens with one attached hydrogen (secondary N) is 2. The van der Waals surface area contributed by atoms with Crippen molar-refractivity contribution in [3.05, 3.63) is 23.8 Å². The molecule has 146 valence electrons. The first-order valence-electron chi connectivity index (χ1n) is 9.57. The second kappa shape index (κ2) is 8.99. The van der Waals surface area contributed by atoms with Gasteiger partial charge < -0.3 is 15.0 Å². The smallest absolute Gasteiger partial charge is 0.324 e. The average molecular weight is 371 g/mol. The molecule has 0 bridgehead atoms. The van der Waals surface area contributed by atoms with Crippen LogP contribution >= 0.6 is 0 Å². The van der Waals surface area contributed by atoms with E-state index in [0.29, 0.717) is 36.3 Å². The maximum absolute atomic E-state index is 12.3. The van der Waals surface area contributed by atoms with E-state index in [1.165, 1.54) is 12.8 Å². The lowest BCUT2D eigenvalue weighted by atomic mass is 9.99. The molecule has 7 heteroatoms. The number of amidine groups is 1. The molecule has 2 amide bonds. The number of anilines is 1. The molecule has 3 rings (SSSR count). The molecule has 0 saturated carbocycles. The Labute approximate surface area is 160 Å². The highest BCUT2D eigenvalue weighted by molar-refractivity contribution is 6.33. The molecule has 2 aliphatic heterocycles. The van der Waals surface area contributed by atoms with E-state index in [4.69, 9.17) is 4.74 Å². The normalized spacial score (nSPS) is 22.9. The van der Waals surface area contributed by atoms with Gasteiger partial charge in [-0.1, -0.05) is 6.07 Å². The average Bonchev–Trinajstić information content (AvgIpc) is 2.63. The Bertz CT molecular complexity index is 731. The second-order valence-electron chi connectivity index (χ2n) is 7.51. The van der Waals surface area contributed by atoms with Crippen molar-refractivity contribution < 1.29 is 9.53 Å². The zero-order chi connectivity index (χ0) is 19.2. The number of benzene rings is 1. The van der Waals surface area contributed by atoms with E-state index in [0.717, 1.165) is 18.7 Å². The fraction of sp³-hybridized carbons (Fsp3) is 0.550. The Kier molecular flexibility index (Phi) is 6.45. The summed E-state index contributed by atoms with van der Waals surface area (Å²) in [6, 6.07) is 5.64. The number of nitrogens with zero attached hydrogens (tertiary/aromatic N) is 3. The monoisotopic (exact) mass is 371 g/mol. The summed E-state index contributed by atoms with van der Waals surface area (Å²) in [6.45, 7) is 7.41. The SMILES string of the molecule is Cc1ccc(OC[C@@H]2CCCN(C)C2)c(NC(=O)NC2=NCC(C)N=C2)c1. The van der Waals surface area contributed by atoms with E-state index in [9.17, 15) is 4.79 Å². The van der Waals surface area contributed by atoms with E-state index < -0.39 is 0 Å². The van der Waals surface area contributed by atoms with Crippen LogP contribution in [0.5, 0.6) is 5.75 Å². The van der Waals surface area contributed by atoms with Gasteiger partial charge in [-0.2, -0.15) is 0 Å². The topological polar surface area (TPSA) is 78.3 Å². The number of aryl methyl sites for hydroxylation is 1. The van der Waals surface area contributed by atoms with Gasteiger partial charge >= 0.3 is 6.03 Å². The van der Waals surface area contributed by atoms with Crippen LogP contribution in [0, 0.1) is 12.8 Å². The van der Waals surface area contributed by atoms with Gasteiger partial charge in [0.2, 0.25) is 0 Å². The Morgan fingerprint density at radius 2 is 2.22 bits per heavy atom. The van der Waals surface area contributed by atoms with Crippen LogP contribution in [0.3, 0.4) is 0 Å². The molecule has 27 heavy (non-hydrogen) atoms. The molecule has 0 radical (unpaired) electrons. The first-order valence-corrected chi connectivity index (χ1v) is 9.57.